The summed E-state index contributed by atoms with van der Waals surface area (Å²) in [5, 5.41) is 7.24. The number of rotatable bonds is 3. The Morgan fingerprint density at radius 1 is 1.43 bits per heavy atom. The summed E-state index contributed by atoms with van der Waals surface area (Å²) in [6.45, 7) is 3.93. The minimum atomic E-state index is 0.865. The average Bonchev–Trinajstić information content (AvgIpc) is 2.22. The minimum absolute atomic E-state index is 0.865. The third-order valence-electron chi connectivity index (χ3n) is 2.21. The van der Waals surface area contributed by atoms with Crippen LogP contribution >= 0.6 is 0 Å². The van der Waals surface area contributed by atoms with Crippen molar-refractivity contribution < 1.29 is 4.74 Å². The molecule has 0 unspecified atom stereocenters. The molecule has 0 fully saturated rings. The second-order valence-corrected chi connectivity index (χ2v) is 3.07. The fourth-order valence-corrected chi connectivity index (χ4v) is 1.33. The molecule has 0 aromatic heterocycles. The molecule has 1 N–H and O–H groups in total. The molecule has 1 aromatic carbocycles. The van der Waals surface area contributed by atoms with Gasteiger partial charge >= 0.3 is 0 Å². The van der Waals surface area contributed by atoms with Crippen LogP contribution in [0.1, 0.15) is 18.1 Å². The lowest BCUT2D eigenvalue weighted by molar-refractivity contribution is 0.411. The van der Waals surface area contributed by atoms with Gasteiger partial charge in [0.15, 0.2) is 0 Å². The Bertz CT molecular complexity index is 367. The molecule has 0 heterocycles. The van der Waals surface area contributed by atoms with E-state index < -0.39 is 0 Å². The van der Waals surface area contributed by atoms with Gasteiger partial charge in [-0.05, 0) is 36.6 Å². The molecule has 0 atom stereocenters. The van der Waals surface area contributed by atoms with Crippen molar-refractivity contribution in [3.8, 4) is 5.75 Å². The predicted octanol–water partition coefficient (Wildman–Crippen LogP) is 3.06. The quantitative estimate of drug-likeness (QED) is 0.728. The summed E-state index contributed by atoms with van der Waals surface area (Å²) < 4.78 is 5.22. The van der Waals surface area contributed by atoms with E-state index in [0.717, 1.165) is 22.4 Å². The van der Waals surface area contributed by atoms with E-state index in [1.54, 1.807) is 7.11 Å². The molecule has 0 saturated heterocycles. The Kier molecular flexibility index (Phi) is 3.46. The third-order valence-corrected chi connectivity index (χ3v) is 2.21. The number of allylic oxidation sites excluding steroid dienone is 2. The van der Waals surface area contributed by atoms with Crippen molar-refractivity contribution in [2.75, 3.05) is 7.11 Å². The van der Waals surface area contributed by atoms with E-state index in [4.69, 9.17) is 10.1 Å². The molecule has 0 saturated carbocycles. The van der Waals surface area contributed by atoms with E-state index in [0.29, 0.717) is 0 Å². The van der Waals surface area contributed by atoms with Gasteiger partial charge in [-0.2, -0.15) is 0 Å². The maximum atomic E-state index is 7.24. The molecule has 1 aromatic rings. The lowest BCUT2D eigenvalue weighted by atomic mass is 10.0. The van der Waals surface area contributed by atoms with Gasteiger partial charge in [-0.3, -0.25) is 0 Å². The number of ether oxygens (including phenoxy) is 1. The monoisotopic (exact) mass is 189 g/mol. The summed E-state index contributed by atoms with van der Waals surface area (Å²) in [6, 6.07) is 5.95. The van der Waals surface area contributed by atoms with Gasteiger partial charge in [-0.25, -0.2) is 0 Å². The van der Waals surface area contributed by atoms with E-state index in [1.165, 1.54) is 6.21 Å². The molecule has 0 radical (unpaired) electrons. The van der Waals surface area contributed by atoms with Crippen molar-refractivity contribution in [2.24, 2.45) is 0 Å². The van der Waals surface area contributed by atoms with E-state index >= 15 is 0 Å². The predicted molar refractivity (Wildman–Crippen MR) is 60.2 cm³/mol. The van der Waals surface area contributed by atoms with E-state index in [9.17, 15) is 0 Å². The summed E-state index contributed by atoms with van der Waals surface area (Å²) in [5.74, 6) is 0.865. The van der Waals surface area contributed by atoms with Crippen LogP contribution in [0.15, 0.2) is 24.3 Å². The van der Waals surface area contributed by atoms with Gasteiger partial charge < -0.3 is 10.1 Å². The first-order valence-corrected chi connectivity index (χ1v) is 4.54. The highest BCUT2D eigenvalue weighted by molar-refractivity contribution is 6.08. The molecule has 0 amide bonds. The zero-order chi connectivity index (χ0) is 10.6. The van der Waals surface area contributed by atoms with Crippen LogP contribution in [0.3, 0.4) is 0 Å². The molecular formula is C12H15NO. The van der Waals surface area contributed by atoms with Gasteiger partial charge in [-0.15, -0.1) is 0 Å². The average molecular weight is 189 g/mol. The lowest BCUT2D eigenvalue weighted by Gasteiger charge is -2.07. The van der Waals surface area contributed by atoms with Crippen LogP contribution < -0.4 is 4.74 Å². The van der Waals surface area contributed by atoms with Crippen LogP contribution in [-0.4, -0.2) is 13.3 Å². The summed E-state index contributed by atoms with van der Waals surface area (Å²) in [5.41, 5.74) is 3.03. The second-order valence-electron chi connectivity index (χ2n) is 3.07. The Morgan fingerprint density at radius 2 is 2.14 bits per heavy atom. The molecule has 2 nitrogen and oxygen atoms in total. The van der Waals surface area contributed by atoms with Crippen LogP contribution in [0.2, 0.25) is 0 Å². The first kappa shape index (κ1) is 10.5. The van der Waals surface area contributed by atoms with Crippen LogP contribution in [0.25, 0.3) is 5.57 Å². The normalized spacial score (nSPS) is 11.2. The molecule has 0 bridgehead atoms. The standard InChI is InChI=1S/C12H15NO/c1-4-10(8-13)11-6-5-9(2)12(7-11)14-3/h4-8,13H,1-3H3/b10-4+,13-8?. The van der Waals surface area contributed by atoms with Crippen molar-refractivity contribution in [1.29, 1.82) is 5.41 Å². The summed E-state index contributed by atoms with van der Waals surface area (Å²) >= 11 is 0. The molecule has 14 heavy (non-hydrogen) atoms. The Labute approximate surface area is 84.7 Å². The summed E-state index contributed by atoms with van der Waals surface area (Å²) in [4.78, 5) is 0. The molecule has 2 heteroatoms. The molecule has 0 aliphatic rings. The third kappa shape index (κ3) is 2.02. The van der Waals surface area contributed by atoms with Gasteiger partial charge in [0.1, 0.15) is 5.75 Å². The van der Waals surface area contributed by atoms with E-state index in [2.05, 4.69) is 0 Å². The molecule has 0 aliphatic carbocycles. The van der Waals surface area contributed by atoms with Crippen LogP contribution in [-0.2, 0) is 0 Å². The van der Waals surface area contributed by atoms with Crippen molar-refractivity contribution in [1.82, 2.24) is 0 Å². The largest absolute Gasteiger partial charge is 0.496 e. The van der Waals surface area contributed by atoms with E-state index in [1.807, 2.05) is 38.1 Å². The summed E-state index contributed by atoms with van der Waals surface area (Å²) in [6.07, 6.45) is 3.27. The second kappa shape index (κ2) is 4.61. The van der Waals surface area contributed by atoms with Gasteiger partial charge in [-0.1, -0.05) is 18.2 Å². The fraction of sp³-hybridized carbons (Fsp3) is 0.250. The minimum Gasteiger partial charge on any atom is -0.496 e. The number of hydrogen-bond acceptors (Lipinski definition) is 2. The smallest absolute Gasteiger partial charge is 0.122 e. The molecule has 0 spiro atoms. The van der Waals surface area contributed by atoms with Gasteiger partial charge in [0.25, 0.3) is 0 Å². The molecule has 74 valence electrons. The van der Waals surface area contributed by atoms with Crippen molar-refractivity contribution in [3.63, 3.8) is 0 Å². The highest BCUT2D eigenvalue weighted by atomic mass is 16.5. The SMILES string of the molecule is C/C=C(\C=N)c1ccc(C)c(OC)c1. The zero-order valence-electron chi connectivity index (χ0n) is 8.79. The fourth-order valence-electron chi connectivity index (χ4n) is 1.33. The first-order valence-electron chi connectivity index (χ1n) is 4.54. The van der Waals surface area contributed by atoms with Crippen LogP contribution in [0.5, 0.6) is 5.75 Å². The lowest BCUT2D eigenvalue weighted by Crippen LogP contribution is -1.90. The molecule has 0 aliphatic heterocycles. The van der Waals surface area contributed by atoms with Crippen molar-refractivity contribution in [3.05, 3.63) is 35.4 Å². The summed E-state index contributed by atoms with van der Waals surface area (Å²) in [7, 11) is 1.66. The topological polar surface area (TPSA) is 33.1 Å². The first-order chi connectivity index (χ1) is 6.72. The van der Waals surface area contributed by atoms with Crippen molar-refractivity contribution >= 4 is 11.8 Å². The zero-order valence-corrected chi connectivity index (χ0v) is 8.79. The highest BCUT2D eigenvalue weighted by Crippen LogP contribution is 2.22. The van der Waals surface area contributed by atoms with E-state index in [-0.39, 0.29) is 0 Å². The Hall–Kier alpha value is -1.57. The van der Waals surface area contributed by atoms with Crippen LogP contribution in [0.4, 0.5) is 0 Å². The Balaban J connectivity index is 3.18. The number of hydrogen-bond donors (Lipinski definition) is 1. The highest BCUT2D eigenvalue weighted by Gasteiger charge is 2.02. The molecule has 1 rings (SSSR count). The number of benzene rings is 1. The van der Waals surface area contributed by atoms with Gasteiger partial charge in [0.2, 0.25) is 0 Å². The van der Waals surface area contributed by atoms with Crippen LogP contribution in [0, 0.1) is 12.3 Å². The van der Waals surface area contributed by atoms with Crippen molar-refractivity contribution in [2.45, 2.75) is 13.8 Å². The molecular weight excluding hydrogens is 174 g/mol. The Morgan fingerprint density at radius 3 is 2.64 bits per heavy atom. The maximum Gasteiger partial charge on any atom is 0.122 e. The number of aryl methyl sites for hydroxylation is 1. The van der Waals surface area contributed by atoms with Gasteiger partial charge in [0, 0.05) is 6.21 Å². The maximum absolute atomic E-state index is 7.24. The number of methoxy groups -OCH3 is 1. The number of nitrogens with one attached hydrogen (secondary N) is 1. The van der Waals surface area contributed by atoms with Gasteiger partial charge in [0.05, 0.1) is 7.11 Å².